The third kappa shape index (κ3) is 4.77. The van der Waals surface area contributed by atoms with Gasteiger partial charge in [-0.15, -0.1) is 0 Å². The molecule has 4 heteroatoms. The first-order valence-electron chi connectivity index (χ1n) is 7.84. The highest BCUT2D eigenvalue weighted by molar-refractivity contribution is 6.73. The van der Waals surface area contributed by atoms with E-state index in [4.69, 9.17) is 0 Å². The summed E-state index contributed by atoms with van der Waals surface area (Å²) in [5.74, 6) is 4.26. The molecule has 1 saturated heterocycles. The minimum absolute atomic E-state index is 0.396. The van der Waals surface area contributed by atoms with E-state index in [0.717, 1.165) is 49.5 Å². The van der Waals surface area contributed by atoms with Crippen LogP contribution in [0.15, 0.2) is 30.4 Å². The maximum absolute atomic E-state index is 14.4. The van der Waals surface area contributed by atoms with Crippen molar-refractivity contribution in [2.75, 3.05) is 0 Å². The summed E-state index contributed by atoms with van der Waals surface area (Å²) >= 11 is 0. The average Bonchev–Trinajstić information content (AvgIpc) is 2.49. The van der Waals surface area contributed by atoms with Crippen LogP contribution in [0.5, 0.6) is 0 Å². The van der Waals surface area contributed by atoms with Crippen molar-refractivity contribution in [2.24, 2.45) is 5.92 Å². The lowest BCUT2D eigenvalue weighted by atomic mass is 10.0. The molecule has 0 aromatic heterocycles. The molecular formula is C18H21F3Si. The summed E-state index contributed by atoms with van der Waals surface area (Å²) in [5, 5.41) is 0. The lowest BCUT2D eigenvalue weighted by Crippen LogP contribution is -2.32. The number of rotatable bonds is 3. The fourth-order valence-corrected chi connectivity index (χ4v) is 6.35. The predicted octanol–water partition coefficient (Wildman–Crippen LogP) is 5.61. The van der Waals surface area contributed by atoms with E-state index in [1.54, 1.807) is 6.08 Å². The Morgan fingerprint density at radius 1 is 1.23 bits per heavy atom. The molecule has 22 heavy (non-hydrogen) atoms. The molecule has 0 spiro atoms. The van der Waals surface area contributed by atoms with E-state index in [1.807, 2.05) is 13.0 Å². The molecule has 0 aliphatic carbocycles. The highest BCUT2D eigenvalue weighted by Crippen LogP contribution is 2.37. The number of hydrogen-bond acceptors (Lipinski definition) is 0. The third-order valence-corrected chi connectivity index (χ3v) is 7.98. The second-order valence-electron chi connectivity index (χ2n) is 6.00. The smallest absolute Gasteiger partial charge is 0.247 e. The molecule has 0 amide bonds. The van der Waals surface area contributed by atoms with Crippen LogP contribution >= 0.6 is 0 Å². The molecule has 0 bridgehead atoms. The van der Waals surface area contributed by atoms with Gasteiger partial charge in [0.15, 0.2) is 11.6 Å². The van der Waals surface area contributed by atoms with Crippen molar-refractivity contribution in [3.8, 4) is 11.8 Å². The van der Waals surface area contributed by atoms with Crippen LogP contribution < -0.4 is 0 Å². The quantitative estimate of drug-likeness (QED) is 0.385. The number of allylic oxidation sites excluding steroid dienone is 2. The zero-order valence-electron chi connectivity index (χ0n) is 12.8. The Hall–Kier alpha value is -1.47. The highest BCUT2D eigenvalue weighted by atomic mass is 28.4. The summed E-state index contributed by atoms with van der Waals surface area (Å²) in [5.41, 5.74) is 0.449. The van der Waals surface area contributed by atoms with Gasteiger partial charge in [0.25, 0.3) is 0 Å². The Balaban J connectivity index is 1.87. The summed E-state index contributed by atoms with van der Waals surface area (Å²) in [6.07, 6.45) is 6.53. The van der Waals surface area contributed by atoms with Crippen molar-refractivity contribution in [3.63, 3.8) is 0 Å². The first kappa shape index (κ1) is 16.9. The van der Waals surface area contributed by atoms with Crippen LogP contribution in [0.25, 0.3) is 0 Å². The van der Waals surface area contributed by atoms with Gasteiger partial charge >= 0.3 is 0 Å². The van der Waals surface area contributed by atoms with Crippen LogP contribution in [-0.2, 0) is 0 Å². The molecule has 118 valence electrons. The minimum atomic E-state index is -2.44. The topological polar surface area (TPSA) is 0 Å². The number of benzene rings is 1. The molecular weight excluding hydrogens is 301 g/mol. The minimum Gasteiger partial charge on any atom is -0.314 e. The molecule has 0 N–H and O–H groups in total. The van der Waals surface area contributed by atoms with Crippen molar-refractivity contribution in [1.29, 1.82) is 0 Å². The van der Waals surface area contributed by atoms with Gasteiger partial charge in [-0.05, 0) is 61.2 Å². The van der Waals surface area contributed by atoms with E-state index in [9.17, 15) is 12.9 Å². The van der Waals surface area contributed by atoms with Gasteiger partial charge in [0, 0.05) is 5.56 Å². The molecule has 1 aliphatic rings. The molecule has 2 rings (SSSR count). The third-order valence-electron chi connectivity index (χ3n) is 4.21. The van der Waals surface area contributed by atoms with Crippen molar-refractivity contribution in [3.05, 3.63) is 47.5 Å². The maximum atomic E-state index is 14.4. The molecule has 1 heterocycles. The first-order chi connectivity index (χ1) is 10.5. The second kappa shape index (κ2) is 7.69. The SMILES string of the molecule is CCC[Si@]1(F)CC[C@@H](/C=C/C#Cc2ccc(F)c(F)c2)CC1. The van der Waals surface area contributed by atoms with Crippen LogP contribution in [0.4, 0.5) is 12.9 Å². The largest absolute Gasteiger partial charge is 0.314 e. The van der Waals surface area contributed by atoms with Crippen molar-refractivity contribution < 1.29 is 12.9 Å². The molecule has 0 unspecified atom stereocenters. The van der Waals surface area contributed by atoms with Crippen LogP contribution in [-0.4, -0.2) is 8.41 Å². The predicted molar refractivity (Wildman–Crippen MR) is 86.7 cm³/mol. The lowest BCUT2D eigenvalue weighted by Gasteiger charge is -2.30. The van der Waals surface area contributed by atoms with Crippen LogP contribution in [0.1, 0.15) is 31.7 Å². The monoisotopic (exact) mass is 322 g/mol. The van der Waals surface area contributed by atoms with Gasteiger partial charge < -0.3 is 4.11 Å². The van der Waals surface area contributed by atoms with Gasteiger partial charge in [-0.1, -0.05) is 31.3 Å². The lowest BCUT2D eigenvalue weighted by molar-refractivity contribution is 0.508. The number of halogens is 3. The first-order valence-corrected chi connectivity index (χ1v) is 10.3. The molecule has 0 radical (unpaired) electrons. The van der Waals surface area contributed by atoms with Gasteiger partial charge in [-0.25, -0.2) is 8.78 Å². The molecule has 0 saturated carbocycles. The van der Waals surface area contributed by atoms with Crippen LogP contribution in [0.3, 0.4) is 0 Å². The van der Waals surface area contributed by atoms with Gasteiger partial charge in [0.05, 0.1) is 0 Å². The summed E-state index contributed by atoms with van der Waals surface area (Å²) in [6.45, 7) is 2.05. The standard InChI is InChI=1S/C18H21F3Si/c1-2-11-22(21)12-9-15(10-13-22)5-3-4-6-16-7-8-17(19)18(20)14-16/h3,5,7-8,14-15H,2,9-13H2,1H3/b5-3+/t15-,22+. The summed E-state index contributed by atoms with van der Waals surface area (Å²) in [4.78, 5) is 0. The fraction of sp³-hybridized carbons (Fsp3) is 0.444. The molecule has 0 atom stereocenters. The Kier molecular flexibility index (Phi) is 5.90. The van der Waals surface area contributed by atoms with Crippen LogP contribution in [0.2, 0.25) is 18.1 Å². The average molecular weight is 322 g/mol. The Bertz CT molecular complexity index is 590. The molecule has 0 nitrogen and oxygen atoms in total. The summed E-state index contributed by atoms with van der Waals surface area (Å²) in [7, 11) is -2.44. The van der Waals surface area contributed by atoms with E-state index < -0.39 is 20.0 Å². The summed E-state index contributed by atoms with van der Waals surface area (Å²) in [6, 6.07) is 5.92. The molecule has 1 aromatic rings. The van der Waals surface area contributed by atoms with E-state index in [0.29, 0.717) is 11.5 Å². The molecule has 1 aliphatic heterocycles. The van der Waals surface area contributed by atoms with Crippen molar-refractivity contribution >= 4 is 8.41 Å². The van der Waals surface area contributed by atoms with E-state index in [1.165, 1.54) is 6.07 Å². The van der Waals surface area contributed by atoms with Gasteiger partial charge in [-0.2, -0.15) is 0 Å². The zero-order chi connectivity index (χ0) is 16.0. The second-order valence-corrected chi connectivity index (χ2v) is 9.80. The zero-order valence-corrected chi connectivity index (χ0v) is 13.8. The highest BCUT2D eigenvalue weighted by Gasteiger charge is 2.37. The molecule has 1 fully saturated rings. The fourth-order valence-electron chi connectivity index (χ4n) is 2.93. The van der Waals surface area contributed by atoms with Gasteiger partial charge in [-0.3, -0.25) is 0 Å². The number of hydrogen-bond donors (Lipinski definition) is 0. The summed E-state index contributed by atoms with van der Waals surface area (Å²) < 4.78 is 40.3. The van der Waals surface area contributed by atoms with E-state index in [2.05, 4.69) is 11.8 Å². The van der Waals surface area contributed by atoms with Gasteiger partial charge in [0.1, 0.15) is 0 Å². The Labute approximate surface area is 131 Å². The Morgan fingerprint density at radius 2 is 1.95 bits per heavy atom. The van der Waals surface area contributed by atoms with Crippen molar-refractivity contribution in [2.45, 2.75) is 44.3 Å². The van der Waals surface area contributed by atoms with Crippen molar-refractivity contribution in [1.82, 2.24) is 0 Å². The maximum Gasteiger partial charge on any atom is 0.247 e. The Morgan fingerprint density at radius 3 is 2.59 bits per heavy atom. The molecule has 1 aromatic carbocycles. The normalized spacial score (nSPS) is 25.0. The van der Waals surface area contributed by atoms with E-state index >= 15 is 0 Å². The van der Waals surface area contributed by atoms with Crippen LogP contribution in [0, 0.1) is 29.4 Å². The van der Waals surface area contributed by atoms with Gasteiger partial charge in [0.2, 0.25) is 8.41 Å². The van der Waals surface area contributed by atoms with E-state index in [-0.39, 0.29) is 0 Å².